The Morgan fingerprint density at radius 2 is 1.94 bits per heavy atom. The third-order valence-corrected chi connectivity index (χ3v) is 3.94. The fraction of sp³-hybridized carbons (Fsp3) is 0.455. The summed E-state index contributed by atoms with van der Waals surface area (Å²) in [7, 11) is 1.71. The standard InChI is InChI=1S/C11H14BrClO3S/c1-9(8-17(13,14)15)6-16-7-10-2-4-11(12)5-3-10/h2-5,9H,6-8H2,1H3. The van der Waals surface area contributed by atoms with E-state index in [1.807, 2.05) is 24.3 Å². The topological polar surface area (TPSA) is 43.4 Å². The van der Waals surface area contributed by atoms with Crippen molar-refractivity contribution in [3.63, 3.8) is 0 Å². The van der Waals surface area contributed by atoms with Gasteiger partial charge in [-0.05, 0) is 23.6 Å². The molecule has 1 unspecified atom stereocenters. The van der Waals surface area contributed by atoms with Crippen LogP contribution in [0.5, 0.6) is 0 Å². The maximum absolute atomic E-state index is 10.8. The van der Waals surface area contributed by atoms with Gasteiger partial charge in [0.1, 0.15) is 0 Å². The van der Waals surface area contributed by atoms with Gasteiger partial charge in [-0.2, -0.15) is 0 Å². The zero-order valence-corrected chi connectivity index (χ0v) is 12.6. The molecule has 1 rings (SSSR count). The molecule has 1 aromatic carbocycles. The molecule has 17 heavy (non-hydrogen) atoms. The highest BCUT2D eigenvalue weighted by Crippen LogP contribution is 2.12. The van der Waals surface area contributed by atoms with Crippen LogP contribution in [0.1, 0.15) is 12.5 Å². The van der Waals surface area contributed by atoms with Gasteiger partial charge in [0.05, 0.1) is 19.0 Å². The SMILES string of the molecule is CC(COCc1ccc(Br)cc1)CS(=O)(=O)Cl. The summed E-state index contributed by atoms with van der Waals surface area (Å²) in [6, 6.07) is 7.77. The molecule has 0 N–H and O–H groups in total. The second-order valence-corrected chi connectivity index (χ2v) is 7.69. The normalized spacial score (nSPS) is 13.6. The minimum Gasteiger partial charge on any atom is -0.376 e. The Balaban J connectivity index is 2.30. The van der Waals surface area contributed by atoms with E-state index in [1.165, 1.54) is 0 Å². The first kappa shape index (κ1) is 15.0. The Morgan fingerprint density at radius 1 is 1.35 bits per heavy atom. The van der Waals surface area contributed by atoms with E-state index >= 15 is 0 Å². The van der Waals surface area contributed by atoms with Crippen molar-refractivity contribution in [2.75, 3.05) is 12.4 Å². The van der Waals surface area contributed by atoms with E-state index in [9.17, 15) is 8.42 Å². The van der Waals surface area contributed by atoms with Crippen molar-refractivity contribution < 1.29 is 13.2 Å². The summed E-state index contributed by atoms with van der Waals surface area (Å²) in [6.07, 6.45) is 0. The van der Waals surface area contributed by atoms with Crippen LogP contribution in [0.2, 0.25) is 0 Å². The maximum atomic E-state index is 10.8. The average Bonchev–Trinajstić information content (AvgIpc) is 2.18. The minimum atomic E-state index is -3.44. The van der Waals surface area contributed by atoms with Crippen LogP contribution in [0.3, 0.4) is 0 Å². The van der Waals surface area contributed by atoms with Crippen LogP contribution >= 0.6 is 26.6 Å². The van der Waals surface area contributed by atoms with Gasteiger partial charge in [0, 0.05) is 15.2 Å². The lowest BCUT2D eigenvalue weighted by Crippen LogP contribution is -2.14. The van der Waals surface area contributed by atoms with Gasteiger partial charge in [-0.15, -0.1) is 0 Å². The van der Waals surface area contributed by atoms with Gasteiger partial charge in [0.2, 0.25) is 9.05 Å². The van der Waals surface area contributed by atoms with E-state index < -0.39 is 9.05 Å². The summed E-state index contributed by atoms with van der Waals surface area (Å²) in [6.45, 7) is 2.64. The molecular formula is C11H14BrClO3S. The third kappa shape index (κ3) is 7.03. The second-order valence-electron chi connectivity index (χ2n) is 3.95. The lowest BCUT2D eigenvalue weighted by molar-refractivity contribution is 0.0979. The first-order valence-corrected chi connectivity index (χ1v) is 8.38. The molecule has 1 aromatic rings. The van der Waals surface area contributed by atoms with Crippen LogP contribution in [-0.2, 0) is 20.4 Å². The Bertz CT molecular complexity index is 444. The second kappa shape index (κ2) is 6.73. The quantitative estimate of drug-likeness (QED) is 0.746. The highest BCUT2D eigenvalue weighted by molar-refractivity contribution is 9.10. The summed E-state index contributed by atoms with van der Waals surface area (Å²) >= 11 is 3.35. The molecule has 3 nitrogen and oxygen atoms in total. The molecule has 0 radical (unpaired) electrons. The molecule has 0 aliphatic carbocycles. The van der Waals surface area contributed by atoms with Gasteiger partial charge in [-0.25, -0.2) is 8.42 Å². The molecule has 0 aromatic heterocycles. The van der Waals surface area contributed by atoms with Crippen LogP contribution in [0, 0.1) is 5.92 Å². The van der Waals surface area contributed by atoms with Crippen LogP contribution in [0.4, 0.5) is 0 Å². The van der Waals surface area contributed by atoms with E-state index in [0.717, 1.165) is 10.0 Å². The highest BCUT2D eigenvalue weighted by Gasteiger charge is 2.12. The molecule has 96 valence electrons. The molecule has 0 fully saturated rings. The van der Waals surface area contributed by atoms with Crippen molar-refractivity contribution in [1.29, 1.82) is 0 Å². The molecule has 0 amide bonds. The fourth-order valence-corrected chi connectivity index (χ4v) is 3.03. The molecule has 0 spiro atoms. The Kier molecular flexibility index (Phi) is 5.92. The summed E-state index contributed by atoms with van der Waals surface area (Å²) in [5.74, 6) is -0.164. The lowest BCUT2D eigenvalue weighted by atomic mass is 10.2. The molecule has 0 aliphatic rings. The summed E-state index contributed by atoms with van der Waals surface area (Å²) in [5.41, 5.74) is 1.05. The molecule has 0 heterocycles. The van der Waals surface area contributed by atoms with Crippen molar-refractivity contribution in [1.82, 2.24) is 0 Å². The highest BCUT2D eigenvalue weighted by atomic mass is 79.9. The number of ether oxygens (including phenoxy) is 1. The van der Waals surface area contributed by atoms with Gasteiger partial charge in [0.25, 0.3) is 0 Å². The van der Waals surface area contributed by atoms with Crippen LogP contribution in [-0.4, -0.2) is 20.8 Å². The summed E-state index contributed by atoms with van der Waals surface area (Å²) in [5, 5.41) is 0. The van der Waals surface area contributed by atoms with E-state index in [4.69, 9.17) is 15.4 Å². The minimum absolute atomic E-state index is 0.0606. The van der Waals surface area contributed by atoms with E-state index in [1.54, 1.807) is 6.92 Å². The van der Waals surface area contributed by atoms with Crippen molar-refractivity contribution in [2.45, 2.75) is 13.5 Å². The third-order valence-electron chi connectivity index (χ3n) is 2.07. The molecule has 0 saturated carbocycles. The fourth-order valence-electron chi connectivity index (χ4n) is 1.35. The van der Waals surface area contributed by atoms with E-state index in [0.29, 0.717) is 13.2 Å². The van der Waals surface area contributed by atoms with Crippen molar-refractivity contribution >= 4 is 35.7 Å². The molecule has 0 bridgehead atoms. The summed E-state index contributed by atoms with van der Waals surface area (Å²) in [4.78, 5) is 0. The van der Waals surface area contributed by atoms with E-state index in [-0.39, 0.29) is 11.7 Å². The summed E-state index contributed by atoms with van der Waals surface area (Å²) < 4.78 is 28.1. The monoisotopic (exact) mass is 340 g/mol. The maximum Gasteiger partial charge on any atom is 0.232 e. The smallest absolute Gasteiger partial charge is 0.232 e. The lowest BCUT2D eigenvalue weighted by Gasteiger charge is -2.10. The molecule has 0 aliphatic heterocycles. The van der Waals surface area contributed by atoms with Crippen molar-refractivity contribution in [3.05, 3.63) is 34.3 Å². The van der Waals surface area contributed by atoms with Crippen LogP contribution in [0.25, 0.3) is 0 Å². The number of hydrogen-bond acceptors (Lipinski definition) is 3. The van der Waals surface area contributed by atoms with E-state index in [2.05, 4.69) is 15.9 Å². The molecule has 1 atom stereocenters. The number of benzene rings is 1. The van der Waals surface area contributed by atoms with Gasteiger partial charge in [-0.1, -0.05) is 35.0 Å². The van der Waals surface area contributed by atoms with Crippen molar-refractivity contribution in [3.8, 4) is 0 Å². The number of rotatable bonds is 6. The zero-order chi connectivity index (χ0) is 12.9. The molecule has 0 saturated heterocycles. The van der Waals surface area contributed by atoms with Crippen LogP contribution < -0.4 is 0 Å². The predicted octanol–water partition coefficient (Wildman–Crippen LogP) is 3.17. The van der Waals surface area contributed by atoms with Gasteiger partial charge in [0.15, 0.2) is 0 Å². The number of hydrogen-bond donors (Lipinski definition) is 0. The number of halogens is 2. The van der Waals surface area contributed by atoms with Gasteiger partial charge in [-0.3, -0.25) is 0 Å². The Hall–Kier alpha value is -0.100. The first-order valence-electron chi connectivity index (χ1n) is 5.11. The van der Waals surface area contributed by atoms with Crippen LogP contribution in [0.15, 0.2) is 28.7 Å². The Morgan fingerprint density at radius 3 is 2.47 bits per heavy atom. The predicted molar refractivity (Wildman–Crippen MR) is 72.6 cm³/mol. The van der Waals surface area contributed by atoms with Crippen molar-refractivity contribution in [2.24, 2.45) is 5.92 Å². The van der Waals surface area contributed by atoms with Gasteiger partial charge >= 0.3 is 0 Å². The zero-order valence-electron chi connectivity index (χ0n) is 9.40. The molecule has 6 heteroatoms. The molecular weight excluding hydrogens is 328 g/mol. The largest absolute Gasteiger partial charge is 0.376 e. The first-order chi connectivity index (χ1) is 7.87. The van der Waals surface area contributed by atoms with Gasteiger partial charge < -0.3 is 4.74 Å². The Labute approximate surface area is 115 Å². The average molecular weight is 342 g/mol.